The number of hydrogen-bond acceptors (Lipinski definition) is 9. The van der Waals surface area contributed by atoms with Crippen molar-refractivity contribution in [3.05, 3.63) is 144 Å². The normalized spacial score (nSPS) is 21.4. The Kier molecular flexibility index (Phi) is 10.2. The molecule has 0 aliphatic carbocycles. The van der Waals surface area contributed by atoms with E-state index in [9.17, 15) is 19.5 Å². The maximum Gasteiger partial charge on any atom is 0.338 e. The first-order valence-corrected chi connectivity index (χ1v) is 14.8. The van der Waals surface area contributed by atoms with E-state index >= 15 is 0 Å². The van der Waals surface area contributed by atoms with Crippen molar-refractivity contribution in [2.75, 3.05) is 6.61 Å². The van der Waals surface area contributed by atoms with Crippen molar-refractivity contribution in [3.8, 4) is 0 Å². The SMILES string of the molecule is O=C(O[C@@H]1[C@@H](OC(=O)c2ccccc2)[C@H](SCc2ccccc2)O[C@H](CO)[C@H]1OC(=O)c1ccccc1)c1ccccc1. The molecule has 0 unspecified atom stereocenters. The van der Waals surface area contributed by atoms with E-state index in [4.69, 9.17) is 18.9 Å². The van der Waals surface area contributed by atoms with Gasteiger partial charge in [-0.1, -0.05) is 84.9 Å². The summed E-state index contributed by atoms with van der Waals surface area (Å²) >= 11 is 1.32. The number of carbonyl (C=O) groups excluding carboxylic acids is 3. The minimum absolute atomic E-state index is 0.254. The first-order valence-electron chi connectivity index (χ1n) is 13.7. The molecular weight excluding hydrogens is 568 g/mol. The lowest BCUT2D eigenvalue weighted by Gasteiger charge is -2.44. The minimum atomic E-state index is -1.31. The number of thioether (sulfide) groups is 1. The maximum absolute atomic E-state index is 13.4. The van der Waals surface area contributed by atoms with Gasteiger partial charge in [0.15, 0.2) is 18.3 Å². The Hall–Kier alpha value is -4.44. The van der Waals surface area contributed by atoms with Gasteiger partial charge in [-0.15, -0.1) is 11.8 Å². The molecule has 0 saturated carbocycles. The Balaban J connectivity index is 1.51. The number of benzene rings is 4. The monoisotopic (exact) mass is 598 g/mol. The molecule has 4 aromatic rings. The molecule has 1 fully saturated rings. The second-order valence-electron chi connectivity index (χ2n) is 9.73. The summed E-state index contributed by atoms with van der Waals surface area (Å²) in [5, 5.41) is 10.4. The van der Waals surface area contributed by atoms with E-state index in [1.807, 2.05) is 30.3 Å². The van der Waals surface area contributed by atoms with Crippen molar-refractivity contribution in [2.45, 2.75) is 35.6 Å². The highest BCUT2D eigenvalue weighted by Crippen LogP contribution is 2.36. The van der Waals surface area contributed by atoms with Crippen LogP contribution in [0.3, 0.4) is 0 Å². The molecule has 0 amide bonds. The molecule has 1 N–H and O–H groups in total. The van der Waals surface area contributed by atoms with Gasteiger partial charge in [-0.25, -0.2) is 14.4 Å². The van der Waals surface area contributed by atoms with E-state index in [1.54, 1.807) is 91.0 Å². The summed E-state index contributed by atoms with van der Waals surface area (Å²) in [7, 11) is 0. The van der Waals surface area contributed by atoms with Crippen LogP contribution in [0.15, 0.2) is 121 Å². The van der Waals surface area contributed by atoms with Crippen LogP contribution in [0.5, 0.6) is 0 Å². The zero-order chi connectivity index (χ0) is 30.0. The number of rotatable bonds is 10. The number of hydrogen-bond donors (Lipinski definition) is 1. The third-order valence-corrected chi connectivity index (χ3v) is 7.99. The van der Waals surface area contributed by atoms with Crippen molar-refractivity contribution >= 4 is 29.7 Å². The second kappa shape index (κ2) is 14.6. The molecule has 5 rings (SSSR count). The molecule has 8 nitrogen and oxygen atoms in total. The number of aliphatic hydroxyl groups excluding tert-OH is 1. The highest BCUT2D eigenvalue weighted by Gasteiger charge is 2.52. The Labute approximate surface area is 253 Å². The summed E-state index contributed by atoms with van der Waals surface area (Å²) in [6, 6.07) is 34.6. The Morgan fingerprint density at radius 3 is 1.42 bits per heavy atom. The summed E-state index contributed by atoms with van der Waals surface area (Å²) in [5.41, 5.74) is 0.894. The van der Waals surface area contributed by atoms with Gasteiger partial charge in [0, 0.05) is 5.75 Å². The molecule has 1 aliphatic heterocycles. The van der Waals surface area contributed by atoms with E-state index in [1.165, 1.54) is 11.8 Å². The second-order valence-corrected chi connectivity index (χ2v) is 10.8. The molecule has 1 aliphatic rings. The lowest BCUT2D eigenvalue weighted by molar-refractivity contribution is -0.207. The summed E-state index contributed by atoms with van der Waals surface area (Å²) in [5.74, 6) is -1.62. The molecule has 0 radical (unpaired) electrons. The van der Waals surface area contributed by atoms with Gasteiger partial charge in [-0.2, -0.15) is 0 Å². The van der Waals surface area contributed by atoms with Gasteiger partial charge in [0.2, 0.25) is 0 Å². The van der Waals surface area contributed by atoms with Crippen molar-refractivity contribution in [1.29, 1.82) is 0 Å². The average Bonchev–Trinajstić information content (AvgIpc) is 3.07. The molecule has 0 aromatic heterocycles. The minimum Gasteiger partial charge on any atom is -0.452 e. The summed E-state index contributed by atoms with van der Waals surface area (Å²) in [6.07, 6.45) is -4.90. The van der Waals surface area contributed by atoms with Crippen LogP contribution in [-0.4, -0.2) is 59.5 Å². The zero-order valence-electron chi connectivity index (χ0n) is 23.1. The maximum atomic E-state index is 13.4. The van der Waals surface area contributed by atoms with Crippen LogP contribution in [0.2, 0.25) is 0 Å². The third kappa shape index (κ3) is 7.70. The van der Waals surface area contributed by atoms with E-state index in [2.05, 4.69) is 0 Å². The topological polar surface area (TPSA) is 108 Å². The third-order valence-electron chi connectivity index (χ3n) is 6.79. The summed E-state index contributed by atoms with van der Waals surface area (Å²) < 4.78 is 24.1. The van der Waals surface area contributed by atoms with Crippen LogP contribution in [0.1, 0.15) is 36.6 Å². The van der Waals surface area contributed by atoms with Gasteiger partial charge >= 0.3 is 17.9 Å². The zero-order valence-corrected chi connectivity index (χ0v) is 23.9. The predicted octanol–water partition coefficient (Wildman–Crippen LogP) is 5.31. The lowest BCUT2D eigenvalue weighted by Crippen LogP contribution is -2.61. The van der Waals surface area contributed by atoms with Gasteiger partial charge in [0.1, 0.15) is 11.5 Å². The van der Waals surface area contributed by atoms with Gasteiger partial charge in [0.05, 0.1) is 23.3 Å². The molecule has 1 saturated heterocycles. The van der Waals surface area contributed by atoms with Crippen molar-refractivity contribution in [3.63, 3.8) is 0 Å². The fraction of sp³-hybridized carbons (Fsp3) is 0.206. The van der Waals surface area contributed by atoms with Crippen LogP contribution >= 0.6 is 11.8 Å². The van der Waals surface area contributed by atoms with E-state index in [0.29, 0.717) is 5.75 Å². The van der Waals surface area contributed by atoms with Crippen LogP contribution in [0, 0.1) is 0 Å². The molecule has 0 bridgehead atoms. The number of ether oxygens (including phenoxy) is 4. The van der Waals surface area contributed by atoms with Crippen LogP contribution in [-0.2, 0) is 24.7 Å². The van der Waals surface area contributed by atoms with Crippen LogP contribution in [0.4, 0.5) is 0 Å². The van der Waals surface area contributed by atoms with Gasteiger partial charge in [-0.3, -0.25) is 0 Å². The van der Waals surface area contributed by atoms with Gasteiger partial charge < -0.3 is 24.1 Å². The number of carbonyl (C=O) groups is 3. The fourth-order valence-corrected chi connectivity index (χ4v) is 5.78. The number of aliphatic hydroxyl groups is 1. The highest BCUT2D eigenvalue weighted by atomic mass is 32.2. The summed E-state index contributed by atoms with van der Waals surface area (Å²) in [4.78, 5) is 39.9. The van der Waals surface area contributed by atoms with Crippen LogP contribution in [0.25, 0.3) is 0 Å². The first-order chi connectivity index (χ1) is 21.0. The van der Waals surface area contributed by atoms with E-state index in [-0.39, 0.29) is 16.7 Å². The van der Waals surface area contributed by atoms with Crippen LogP contribution < -0.4 is 0 Å². The molecular formula is C34H30O8S. The highest BCUT2D eigenvalue weighted by molar-refractivity contribution is 7.99. The quantitative estimate of drug-likeness (QED) is 0.192. The standard InChI is InChI=1S/C34H30O8S/c35-21-27-28(40-31(36)24-15-7-2-8-16-24)29(41-32(37)25-17-9-3-10-18-25)30(42-33(38)26-19-11-4-12-20-26)34(39-27)43-22-23-13-5-1-6-14-23/h1-20,27-30,34-35H,21-22H2/t27-,28-,29+,30-,34+/m1/s1. The van der Waals surface area contributed by atoms with E-state index in [0.717, 1.165) is 5.56 Å². The van der Waals surface area contributed by atoms with Crippen molar-refractivity contribution in [2.24, 2.45) is 0 Å². The van der Waals surface area contributed by atoms with Crippen molar-refractivity contribution < 1.29 is 38.4 Å². The number of esters is 3. The molecule has 43 heavy (non-hydrogen) atoms. The Morgan fingerprint density at radius 2 is 0.977 bits per heavy atom. The smallest absolute Gasteiger partial charge is 0.338 e. The molecule has 5 atom stereocenters. The lowest BCUT2D eigenvalue weighted by atomic mass is 9.98. The molecule has 220 valence electrons. The van der Waals surface area contributed by atoms with Crippen molar-refractivity contribution in [1.82, 2.24) is 0 Å². The first kappa shape index (κ1) is 30.0. The molecule has 9 heteroatoms. The molecule has 1 heterocycles. The predicted molar refractivity (Wildman–Crippen MR) is 160 cm³/mol. The average molecular weight is 599 g/mol. The largest absolute Gasteiger partial charge is 0.452 e. The van der Waals surface area contributed by atoms with Gasteiger partial charge in [-0.05, 0) is 42.0 Å². The Bertz CT molecular complexity index is 1480. The summed E-state index contributed by atoms with van der Waals surface area (Å²) in [6.45, 7) is -0.548. The van der Waals surface area contributed by atoms with E-state index < -0.39 is 54.4 Å². The Morgan fingerprint density at radius 1 is 0.581 bits per heavy atom. The fourth-order valence-electron chi connectivity index (χ4n) is 4.61. The molecule has 4 aromatic carbocycles. The van der Waals surface area contributed by atoms with Gasteiger partial charge in [0.25, 0.3) is 0 Å². The molecule has 0 spiro atoms.